The molecule has 0 radical (unpaired) electrons. The van der Waals surface area contributed by atoms with Crippen LogP contribution >= 0.6 is 0 Å². The van der Waals surface area contributed by atoms with Crippen LogP contribution in [0.15, 0.2) is 0 Å². The molecular formula is C10H18N2O3. The van der Waals surface area contributed by atoms with Gasteiger partial charge < -0.3 is 5.32 Å². The molecule has 2 amide bonds. The zero-order chi connectivity index (χ0) is 11.6. The maximum Gasteiger partial charge on any atom is 0.271 e. The summed E-state index contributed by atoms with van der Waals surface area (Å²) in [6.07, 6.45) is 0. The van der Waals surface area contributed by atoms with Crippen molar-refractivity contribution in [2.75, 3.05) is 13.2 Å². The number of nitrogens with one attached hydrogen (secondary N) is 1. The third-order valence-corrected chi connectivity index (χ3v) is 2.21. The van der Waals surface area contributed by atoms with Crippen LogP contribution in [0.25, 0.3) is 0 Å². The van der Waals surface area contributed by atoms with E-state index >= 15 is 0 Å². The van der Waals surface area contributed by atoms with Crippen molar-refractivity contribution in [2.24, 2.45) is 5.41 Å². The molecule has 1 saturated heterocycles. The van der Waals surface area contributed by atoms with E-state index in [2.05, 4.69) is 5.32 Å². The van der Waals surface area contributed by atoms with Crippen LogP contribution in [-0.4, -0.2) is 36.1 Å². The summed E-state index contributed by atoms with van der Waals surface area (Å²) in [5.41, 5.74) is -0.486. The zero-order valence-corrected chi connectivity index (χ0v) is 9.66. The van der Waals surface area contributed by atoms with E-state index in [1.807, 2.05) is 6.92 Å². The van der Waals surface area contributed by atoms with E-state index in [9.17, 15) is 9.59 Å². The standard InChI is InChI=1S/C10H18N2O3/c1-5-12-8(13)7(6-15-12)11-9(14)10(2,3)4/h7H,5-6H2,1-4H3,(H,11,14)/t7-/m0/s1. The van der Waals surface area contributed by atoms with Gasteiger partial charge in [0.2, 0.25) is 5.91 Å². The van der Waals surface area contributed by atoms with Crippen molar-refractivity contribution in [1.29, 1.82) is 0 Å². The SMILES string of the molecule is CCN1OC[C@H](NC(=O)C(C)(C)C)C1=O. The van der Waals surface area contributed by atoms with Crippen LogP contribution in [0.4, 0.5) is 0 Å². The van der Waals surface area contributed by atoms with Gasteiger partial charge in [0.15, 0.2) is 0 Å². The van der Waals surface area contributed by atoms with E-state index in [0.717, 1.165) is 0 Å². The summed E-state index contributed by atoms with van der Waals surface area (Å²) in [5, 5.41) is 3.95. The first-order valence-corrected chi connectivity index (χ1v) is 5.11. The van der Waals surface area contributed by atoms with Gasteiger partial charge in [0.05, 0.1) is 0 Å². The molecule has 1 fully saturated rings. The number of hydroxylamine groups is 2. The van der Waals surface area contributed by atoms with Gasteiger partial charge in [0.1, 0.15) is 12.6 Å². The first-order chi connectivity index (χ1) is 6.86. The summed E-state index contributed by atoms with van der Waals surface area (Å²) >= 11 is 0. The molecule has 5 nitrogen and oxygen atoms in total. The summed E-state index contributed by atoms with van der Waals surface area (Å²) in [4.78, 5) is 28.3. The second-order valence-electron chi connectivity index (χ2n) is 4.60. The van der Waals surface area contributed by atoms with Crippen LogP contribution in [0.3, 0.4) is 0 Å². The normalized spacial score (nSPS) is 22.0. The molecule has 86 valence electrons. The van der Waals surface area contributed by atoms with Crippen molar-refractivity contribution in [1.82, 2.24) is 10.4 Å². The van der Waals surface area contributed by atoms with Crippen molar-refractivity contribution in [3.05, 3.63) is 0 Å². The fourth-order valence-corrected chi connectivity index (χ4v) is 1.20. The maximum atomic E-state index is 11.6. The molecule has 0 saturated carbocycles. The van der Waals surface area contributed by atoms with Gasteiger partial charge in [0, 0.05) is 12.0 Å². The number of likely N-dealkylation sites (N-methyl/N-ethyl adjacent to an activating group) is 1. The van der Waals surface area contributed by atoms with Gasteiger partial charge in [-0.1, -0.05) is 20.8 Å². The first kappa shape index (κ1) is 12.0. The second-order valence-corrected chi connectivity index (χ2v) is 4.60. The summed E-state index contributed by atoms with van der Waals surface area (Å²) < 4.78 is 0. The highest BCUT2D eigenvalue weighted by molar-refractivity contribution is 5.90. The molecule has 0 bridgehead atoms. The Morgan fingerprint density at radius 3 is 2.60 bits per heavy atom. The molecule has 1 aliphatic rings. The lowest BCUT2D eigenvalue weighted by Gasteiger charge is -2.19. The van der Waals surface area contributed by atoms with Gasteiger partial charge in [0.25, 0.3) is 5.91 Å². The van der Waals surface area contributed by atoms with Crippen molar-refractivity contribution in [2.45, 2.75) is 33.7 Å². The number of amides is 2. The molecule has 0 aliphatic carbocycles. The van der Waals surface area contributed by atoms with E-state index in [-0.39, 0.29) is 18.4 Å². The Balaban J connectivity index is 2.55. The van der Waals surface area contributed by atoms with Gasteiger partial charge in [-0.3, -0.25) is 14.4 Å². The summed E-state index contributed by atoms with van der Waals surface area (Å²) in [6.45, 7) is 7.97. The lowest BCUT2D eigenvalue weighted by atomic mass is 9.95. The molecule has 1 atom stereocenters. The molecule has 1 N–H and O–H groups in total. The van der Waals surface area contributed by atoms with Gasteiger partial charge in [-0.05, 0) is 6.92 Å². The van der Waals surface area contributed by atoms with E-state index in [4.69, 9.17) is 4.84 Å². The van der Waals surface area contributed by atoms with Crippen LogP contribution in [0, 0.1) is 5.41 Å². The van der Waals surface area contributed by atoms with Crippen molar-refractivity contribution >= 4 is 11.8 Å². The number of rotatable bonds is 2. The zero-order valence-electron chi connectivity index (χ0n) is 9.66. The minimum absolute atomic E-state index is 0.137. The van der Waals surface area contributed by atoms with Crippen molar-refractivity contribution in [3.63, 3.8) is 0 Å². The summed E-state index contributed by atoms with van der Waals surface area (Å²) in [5.74, 6) is -0.308. The molecule has 0 spiro atoms. The molecule has 5 heteroatoms. The quantitative estimate of drug-likeness (QED) is 0.719. The number of hydrogen-bond donors (Lipinski definition) is 1. The Morgan fingerprint density at radius 1 is 1.60 bits per heavy atom. The van der Waals surface area contributed by atoms with E-state index < -0.39 is 11.5 Å². The second kappa shape index (κ2) is 4.18. The Morgan fingerprint density at radius 2 is 2.20 bits per heavy atom. The highest BCUT2D eigenvalue weighted by Gasteiger charge is 2.35. The summed E-state index contributed by atoms with van der Waals surface area (Å²) in [6, 6.07) is -0.531. The average Bonchev–Trinajstić information content (AvgIpc) is 2.46. The van der Waals surface area contributed by atoms with Crippen LogP contribution in [0.2, 0.25) is 0 Å². The van der Waals surface area contributed by atoms with E-state index in [1.165, 1.54) is 5.06 Å². The number of carbonyl (C=O) groups is 2. The smallest absolute Gasteiger partial charge is 0.271 e. The Kier molecular flexibility index (Phi) is 3.34. The minimum atomic E-state index is -0.531. The predicted molar refractivity (Wildman–Crippen MR) is 54.7 cm³/mol. The Bertz CT molecular complexity index is 270. The van der Waals surface area contributed by atoms with E-state index in [1.54, 1.807) is 20.8 Å². The fraction of sp³-hybridized carbons (Fsp3) is 0.800. The lowest BCUT2D eigenvalue weighted by Crippen LogP contribution is -2.46. The van der Waals surface area contributed by atoms with Gasteiger partial charge in [-0.2, -0.15) is 0 Å². The third kappa shape index (κ3) is 2.68. The molecular weight excluding hydrogens is 196 g/mol. The Labute approximate surface area is 89.7 Å². The van der Waals surface area contributed by atoms with Crippen LogP contribution in [0.5, 0.6) is 0 Å². The highest BCUT2D eigenvalue weighted by atomic mass is 16.7. The third-order valence-electron chi connectivity index (χ3n) is 2.21. The minimum Gasteiger partial charge on any atom is -0.342 e. The highest BCUT2D eigenvalue weighted by Crippen LogP contribution is 2.15. The number of carbonyl (C=O) groups excluding carboxylic acids is 2. The Hall–Kier alpha value is -1.10. The molecule has 0 aromatic carbocycles. The number of nitrogens with zero attached hydrogens (tertiary/aromatic N) is 1. The average molecular weight is 214 g/mol. The van der Waals surface area contributed by atoms with Crippen molar-refractivity contribution in [3.8, 4) is 0 Å². The monoisotopic (exact) mass is 214 g/mol. The lowest BCUT2D eigenvalue weighted by molar-refractivity contribution is -0.160. The van der Waals surface area contributed by atoms with Gasteiger partial charge in [-0.25, -0.2) is 5.06 Å². The van der Waals surface area contributed by atoms with Gasteiger partial charge in [-0.15, -0.1) is 0 Å². The van der Waals surface area contributed by atoms with Gasteiger partial charge >= 0.3 is 0 Å². The van der Waals surface area contributed by atoms with E-state index in [0.29, 0.717) is 6.54 Å². The molecule has 1 heterocycles. The van der Waals surface area contributed by atoms with Crippen LogP contribution in [0.1, 0.15) is 27.7 Å². The molecule has 0 aromatic heterocycles. The summed E-state index contributed by atoms with van der Waals surface area (Å²) in [7, 11) is 0. The molecule has 1 rings (SSSR count). The van der Waals surface area contributed by atoms with Crippen molar-refractivity contribution < 1.29 is 14.4 Å². The fourth-order valence-electron chi connectivity index (χ4n) is 1.20. The predicted octanol–water partition coefficient (Wildman–Crippen LogP) is 0.311. The first-order valence-electron chi connectivity index (χ1n) is 5.11. The molecule has 15 heavy (non-hydrogen) atoms. The topological polar surface area (TPSA) is 58.6 Å². The molecule has 0 aromatic rings. The number of hydrogen-bond acceptors (Lipinski definition) is 3. The largest absolute Gasteiger partial charge is 0.342 e. The van der Waals surface area contributed by atoms with Crippen LogP contribution in [-0.2, 0) is 14.4 Å². The molecule has 0 unspecified atom stereocenters. The maximum absolute atomic E-state index is 11.6. The molecule has 1 aliphatic heterocycles. The van der Waals surface area contributed by atoms with Crippen LogP contribution < -0.4 is 5.32 Å².